The lowest BCUT2D eigenvalue weighted by Gasteiger charge is -2.33. The molecule has 1 aliphatic rings. The van der Waals surface area contributed by atoms with E-state index in [0.717, 1.165) is 29.1 Å². The van der Waals surface area contributed by atoms with E-state index < -0.39 is 0 Å². The molecule has 0 spiro atoms. The average molecular weight is 440 g/mol. The van der Waals surface area contributed by atoms with Crippen molar-refractivity contribution in [1.82, 2.24) is 20.1 Å². The Morgan fingerprint density at radius 1 is 1.26 bits per heavy atom. The Morgan fingerprint density at radius 2 is 2.06 bits per heavy atom. The maximum atomic E-state index is 12.7. The molecule has 8 nitrogen and oxygen atoms in total. The van der Waals surface area contributed by atoms with Gasteiger partial charge in [0.15, 0.2) is 0 Å². The van der Waals surface area contributed by atoms with Crippen molar-refractivity contribution in [3.05, 3.63) is 63.9 Å². The number of morpholine rings is 1. The van der Waals surface area contributed by atoms with E-state index in [2.05, 4.69) is 39.4 Å². The number of carbonyl (C=O) groups is 1. The normalized spacial score (nSPS) is 16.3. The number of aromatic nitrogens is 3. The van der Waals surface area contributed by atoms with Crippen LogP contribution >= 0.6 is 11.3 Å². The zero-order chi connectivity index (χ0) is 21.8. The zero-order valence-corrected chi connectivity index (χ0v) is 18.4. The zero-order valence-electron chi connectivity index (χ0n) is 17.6. The van der Waals surface area contributed by atoms with Crippen LogP contribution in [0.1, 0.15) is 33.6 Å². The molecule has 1 fully saturated rings. The highest BCUT2D eigenvalue weighted by molar-refractivity contribution is 7.15. The first-order valence-corrected chi connectivity index (χ1v) is 10.9. The molecule has 3 heterocycles. The predicted molar refractivity (Wildman–Crippen MR) is 118 cm³/mol. The number of benzene rings is 1. The SMILES string of the molecule is COc1ccc(Cc2cc(C)nc([C@@H]3CN(C(=O)Cc4nnc(N)s4)CCO3)c2)cc1. The molecule has 1 atom stereocenters. The van der Waals surface area contributed by atoms with Crippen molar-refractivity contribution in [3.8, 4) is 5.75 Å². The number of aryl methyl sites for hydroxylation is 1. The van der Waals surface area contributed by atoms with Gasteiger partial charge in [-0.1, -0.05) is 23.5 Å². The minimum absolute atomic E-state index is 0.00411. The fraction of sp³-hybridized carbons (Fsp3) is 0.364. The molecule has 1 amide bonds. The van der Waals surface area contributed by atoms with Crippen LogP contribution in [0.2, 0.25) is 0 Å². The average Bonchev–Trinajstić information content (AvgIpc) is 3.18. The van der Waals surface area contributed by atoms with E-state index in [9.17, 15) is 4.79 Å². The summed E-state index contributed by atoms with van der Waals surface area (Å²) in [6.07, 6.45) is 0.728. The third-order valence-electron chi connectivity index (χ3n) is 5.13. The highest BCUT2D eigenvalue weighted by atomic mass is 32.1. The molecule has 9 heteroatoms. The van der Waals surface area contributed by atoms with Gasteiger partial charge in [-0.05, 0) is 48.7 Å². The maximum absolute atomic E-state index is 12.7. The second-order valence-corrected chi connectivity index (χ2v) is 8.57. The summed E-state index contributed by atoms with van der Waals surface area (Å²) in [5.74, 6) is 0.836. The van der Waals surface area contributed by atoms with E-state index >= 15 is 0 Å². The Morgan fingerprint density at radius 3 is 2.77 bits per heavy atom. The number of rotatable bonds is 6. The first-order chi connectivity index (χ1) is 15.0. The summed E-state index contributed by atoms with van der Waals surface area (Å²) in [7, 11) is 1.66. The summed E-state index contributed by atoms with van der Waals surface area (Å²) in [6, 6.07) is 12.2. The lowest BCUT2D eigenvalue weighted by molar-refractivity contribution is -0.138. The monoisotopic (exact) mass is 439 g/mol. The number of hydrogen-bond acceptors (Lipinski definition) is 8. The Bertz CT molecular complexity index is 1050. The minimum Gasteiger partial charge on any atom is -0.497 e. The van der Waals surface area contributed by atoms with Crippen molar-refractivity contribution < 1.29 is 14.3 Å². The second kappa shape index (κ2) is 9.40. The van der Waals surface area contributed by atoms with Crippen LogP contribution in [0.4, 0.5) is 5.13 Å². The number of pyridine rings is 1. The van der Waals surface area contributed by atoms with E-state index in [0.29, 0.717) is 29.8 Å². The molecule has 0 radical (unpaired) electrons. The first-order valence-electron chi connectivity index (χ1n) is 10.1. The Kier molecular flexibility index (Phi) is 6.43. The standard InChI is InChI=1S/C22H25N5O3S/c1-14-9-16(10-15-3-5-17(29-2)6-4-15)11-18(24-14)19-13-27(7-8-30-19)21(28)12-20-25-26-22(23)31-20/h3-6,9,11,19H,7-8,10,12-13H2,1-2H3,(H2,23,26)/t19-/m0/s1. The lowest BCUT2D eigenvalue weighted by Crippen LogP contribution is -2.43. The summed E-state index contributed by atoms with van der Waals surface area (Å²) < 4.78 is 11.2. The highest BCUT2D eigenvalue weighted by Crippen LogP contribution is 2.24. The second-order valence-electron chi connectivity index (χ2n) is 7.48. The summed E-state index contributed by atoms with van der Waals surface area (Å²) in [6.45, 7) is 3.46. The number of hydrogen-bond donors (Lipinski definition) is 1. The van der Waals surface area contributed by atoms with E-state index in [1.54, 1.807) is 12.0 Å². The molecule has 1 aromatic carbocycles. The van der Waals surface area contributed by atoms with Crippen molar-refractivity contribution in [2.45, 2.75) is 25.9 Å². The Balaban J connectivity index is 1.45. The van der Waals surface area contributed by atoms with E-state index in [4.69, 9.17) is 15.2 Å². The largest absolute Gasteiger partial charge is 0.497 e. The van der Waals surface area contributed by atoms with E-state index in [1.807, 2.05) is 19.1 Å². The van der Waals surface area contributed by atoms with Crippen LogP contribution < -0.4 is 10.5 Å². The minimum atomic E-state index is -0.258. The summed E-state index contributed by atoms with van der Waals surface area (Å²) in [5, 5.41) is 8.72. The van der Waals surface area contributed by atoms with E-state index in [1.165, 1.54) is 16.9 Å². The van der Waals surface area contributed by atoms with E-state index in [-0.39, 0.29) is 18.4 Å². The molecule has 0 saturated carbocycles. The molecule has 1 saturated heterocycles. The van der Waals surface area contributed by atoms with Gasteiger partial charge < -0.3 is 20.1 Å². The smallest absolute Gasteiger partial charge is 0.229 e. The van der Waals surface area contributed by atoms with Gasteiger partial charge in [0.25, 0.3) is 0 Å². The van der Waals surface area contributed by atoms with Crippen LogP contribution in [0.3, 0.4) is 0 Å². The van der Waals surface area contributed by atoms with Gasteiger partial charge in [-0.3, -0.25) is 9.78 Å². The third kappa shape index (κ3) is 5.36. The van der Waals surface area contributed by atoms with Crippen LogP contribution in [-0.4, -0.2) is 52.8 Å². The number of ether oxygens (including phenoxy) is 2. The van der Waals surface area contributed by atoms with Crippen molar-refractivity contribution in [2.24, 2.45) is 0 Å². The molecule has 1 aliphatic heterocycles. The molecule has 3 aromatic rings. The van der Waals surface area contributed by atoms with Crippen molar-refractivity contribution in [3.63, 3.8) is 0 Å². The van der Waals surface area contributed by atoms with Crippen LogP contribution in [0, 0.1) is 6.92 Å². The predicted octanol–water partition coefficient (Wildman–Crippen LogP) is 2.57. The van der Waals surface area contributed by atoms with Gasteiger partial charge >= 0.3 is 0 Å². The molecule has 31 heavy (non-hydrogen) atoms. The summed E-state index contributed by atoms with van der Waals surface area (Å²) >= 11 is 1.24. The van der Waals surface area contributed by atoms with Gasteiger partial charge in [0.05, 0.1) is 32.4 Å². The van der Waals surface area contributed by atoms with Crippen LogP contribution in [0.5, 0.6) is 5.75 Å². The maximum Gasteiger partial charge on any atom is 0.229 e. The molecular weight excluding hydrogens is 414 g/mol. The molecule has 0 unspecified atom stereocenters. The van der Waals surface area contributed by atoms with Gasteiger partial charge in [0, 0.05) is 12.2 Å². The number of methoxy groups -OCH3 is 1. The van der Waals surface area contributed by atoms with Gasteiger partial charge in [-0.15, -0.1) is 10.2 Å². The molecule has 0 bridgehead atoms. The summed E-state index contributed by atoms with van der Waals surface area (Å²) in [4.78, 5) is 19.2. The number of carbonyl (C=O) groups excluding carboxylic acids is 1. The molecular formula is C22H25N5O3S. The van der Waals surface area contributed by atoms with Gasteiger partial charge in [-0.25, -0.2) is 0 Å². The third-order valence-corrected chi connectivity index (χ3v) is 5.89. The topological polar surface area (TPSA) is 103 Å². The van der Waals surface area contributed by atoms with Gasteiger partial charge in [0.2, 0.25) is 11.0 Å². The Labute approximate surface area is 185 Å². The van der Waals surface area contributed by atoms with Crippen LogP contribution in [-0.2, 0) is 22.4 Å². The molecule has 2 N–H and O–H groups in total. The molecule has 4 rings (SSSR count). The van der Waals surface area contributed by atoms with Crippen molar-refractivity contribution >= 4 is 22.4 Å². The fourth-order valence-corrected chi connectivity index (χ4v) is 4.25. The van der Waals surface area contributed by atoms with Crippen molar-refractivity contribution in [2.75, 3.05) is 32.5 Å². The highest BCUT2D eigenvalue weighted by Gasteiger charge is 2.27. The molecule has 0 aliphatic carbocycles. The summed E-state index contributed by atoms with van der Waals surface area (Å²) in [5.41, 5.74) is 9.74. The molecule has 2 aromatic heterocycles. The van der Waals surface area contributed by atoms with Gasteiger partial charge in [-0.2, -0.15) is 0 Å². The number of nitrogens with two attached hydrogens (primary N) is 1. The van der Waals surface area contributed by atoms with Crippen LogP contribution in [0.15, 0.2) is 36.4 Å². The van der Waals surface area contributed by atoms with Gasteiger partial charge in [0.1, 0.15) is 16.9 Å². The number of nitrogens with zero attached hydrogens (tertiary/aromatic N) is 4. The van der Waals surface area contributed by atoms with Crippen LogP contribution in [0.25, 0.3) is 0 Å². The fourth-order valence-electron chi connectivity index (χ4n) is 3.65. The number of nitrogen functional groups attached to an aromatic ring is 1. The molecule has 162 valence electrons. The first kappa shape index (κ1) is 21.2. The lowest BCUT2D eigenvalue weighted by atomic mass is 10.0. The van der Waals surface area contributed by atoms with Crippen molar-refractivity contribution in [1.29, 1.82) is 0 Å². The number of anilines is 1. The Hall–Kier alpha value is -3.04. The quantitative estimate of drug-likeness (QED) is 0.629. The number of amides is 1.